The fraction of sp³-hybridized carbons (Fsp3) is 0.560. The number of nitrogens with one attached hydrogen (secondary N) is 1. The van der Waals surface area contributed by atoms with Gasteiger partial charge in [0.15, 0.2) is 5.96 Å². The number of carbonyl (C=O) groups is 1. The second kappa shape index (κ2) is 10.8. The van der Waals surface area contributed by atoms with Crippen LogP contribution in [0.15, 0.2) is 41.5 Å². The molecule has 1 atom stereocenters. The topological polar surface area (TPSA) is 64.1 Å². The molecule has 0 radical (unpaired) electrons. The summed E-state index contributed by atoms with van der Waals surface area (Å²) < 4.78 is 0. The molecule has 4 rings (SSSR count). The molecular formula is C25H36N6O. The molecule has 2 saturated heterocycles. The zero-order chi connectivity index (χ0) is 22.3. The number of amides is 1. The smallest absolute Gasteiger partial charge is 0.239 e. The van der Waals surface area contributed by atoms with E-state index in [9.17, 15) is 4.79 Å². The average molecular weight is 437 g/mol. The van der Waals surface area contributed by atoms with E-state index in [0.29, 0.717) is 5.91 Å². The standard InChI is InChI=1S/C25H36N6O/c1-3-26-25(28-13-11-22-9-6-8-21-10-7-12-27-23(21)22)31-18-16-29(17-19-31)20(2)24(32)30-14-4-5-15-30/h6-10,12,20H,3-5,11,13-19H2,1-2H3,(H,26,28). The predicted molar refractivity (Wildman–Crippen MR) is 130 cm³/mol. The van der Waals surface area contributed by atoms with E-state index in [4.69, 9.17) is 4.99 Å². The Morgan fingerprint density at radius 3 is 2.56 bits per heavy atom. The Labute approximate surface area is 191 Å². The lowest BCUT2D eigenvalue weighted by Gasteiger charge is -2.39. The minimum Gasteiger partial charge on any atom is -0.357 e. The number of aliphatic imine (C=N–C) groups is 1. The van der Waals surface area contributed by atoms with Crippen LogP contribution in [-0.4, -0.2) is 90.0 Å². The summed E-state index contributed by atoms with van der Waals surface area (Å²) in [5.41, 5.74) is 2.31. The second-order valence-electron chi connectivity index (χ2n) is 8.71. The summed E-state index contributed by atoms with van der Waals surface area (Å²) in [4.78, 5) is 28.9. The lowest BCUT2D eigenvalue weighted by atomic mass is 10.1. The van der Waals surface area contributed by atoms with Gasteiger partial charge in [-0.05, 0) is 44.7 Å². The van der Waals surface area contributed by atoms with Crippen molar-refractivity contribution in [1.82, 2.24) is 25.0 Å². The highest BCUT2D eigenvalue weighted by molar-refractivity contribution is 5.83. The number of fused-ring (bicyclic) bond motifs is 1. The van der Waals surface area contributed by atoms with Gasteiger partial charge in [0.25, 0.3) is 0 Å². The number of aromatic nitrogens is 1. The van der Waals surface area contributed by atoms with Gasteiger partial charge in [0.05, 0.1) is 11.6 Å². The van der Waals surface area contributed by atoms with Crippen LogP contribution in [-0.2, 0) is 11.2 Å². The van der Waals surface area contributed by atoms with Crippen LogP contribution in [0.25, 0.3) is 10.9 Å². The summed E-state index contributed by atoms with van der Waals surface area (Å²) in [5, 5.41) is 4.63. The summed E-state index contributed by atoms with van der Waals surface area (Å²) in [7, 11) is 0. The van der Waals surface area contributed by atoms with Crippen molar-refractivity contribution < 1.29 is 4.79 Å². The number of rotatable bonds is 6. The number of carbonyl (C=O) groups excluding carboxylic acids is 1. The largest absolute Gasteiger partial charge is 0.357 e. The molecule has 32 heavy (non-hydrogen) atoms. The lowest BCUT2D eigenvalue weighted by Crippen LogP contribution is -2.57. The number of benzene rings is 1. The van der Waals surface area contributed by atoms with Crippen molar-refractivity contribution in [2.24, 2.45) is 4.99 Å². The highest BCUT2D eigenvalue weighted by Crippen LogP contribution is 2.17. The monoisotopic (exact) mass is 436 g/mol. The van der Waals surface area contributed by atoms with Crippen molar-refractivity contribution in [3.05, 3.63) is 42.1 Å². The SMILES string of the molecule is CCNC(=NCCc1cccc2cccnc12)N1CCN(C(C)C(=O)N2CCCC2)CC1. The minimum atomic E-state index is -0.0337. The Balaban J connectivity index is 1.33. The van der Waals surface area contributed by atoms with E-state index in [0.717, 1.165) is 83.1 Å². The molecule has 0 bridgehead atoms. The van der Waals surface area contributed by atoms with Gasteiger partial charge < -0.3 is 15.1 Å². The molecule has 1 amide bonds. The number of hydrogen-bond donors (Lipinski definition) is 1. The van der Waals surface area contributed by atoms with Gasteiger partial charge >= 0.3 is 0 Å². The first-order valence-electron chi connectivity index (χ1n) is 12.1. The minimum absolute atomic E-state index is 0.0337. The van der Waals surface area contributed by atoms with E-state index in [1.807, 2.05) is 17.2 Å². The molecule has 0 spiro atoms. The van der Waals surface area contributed by atoms with Crippen LogP contribution in [0.1, 0.15) is 32.3 Å². The summed E-state index contributed by atoms with van der Waals surface area (Å²) in [5.74, 6) is 1.26. The van der Waals surface area contributed by atoms with Crippen molar-refractivity contribution in [2.75, 3.05) is 52.4 Å². The van der Waals surface area contributed by atoms with Crippen molar-refractivity contribution in [1.29, 1.82) is 0 Å². The fourth-order valence-electron chi connectivity index (χ4n) is 4.76. The van der Waals surface area contributed by atoms with Gasteiger partial charge in [-0.2, -0.15) is 0 Å². The van der Waals surface area contributed by atoms with Crippen molar-refractivity contribution in [3.63, 3.8) is 0 Å². The number of likely N-dealkylation sites (tertiary alicyclic amines) is 1. The molecule has 1 aromatic carbocycles. The Morgan fingerprint density at radius 1 is 1.06 bits per heavy atom. The molecule has 1 unspecified atom stereocenters. The van der Waals surface area contributed by atoms with Crippen LogP contribution in [0.3, 0.4) is 0 Å². The predicted octanol–water partition coefficient (Wildman–Crippen LogP) is 2.37. The average Bonchev–Trinajstić information content (AvgIpc) is 3.38. The molecule has 2 fully saturated rings. The normalized spacial score (nSPS) is 18.9. The number of piperazine rings is 1. The van der Waals surface area contributed by atoms with E-state index in [1.54, 1.807) is 0 Å². The molecule has 2 aliphatic heterocycles. The third-order valence-corrected chi connectivity index (χ3v) is 6.63. The quantitative estimate of drug-likeness (QED) is 0.556. The Morgan fingerprint density at radius 2 is 1.81 bits per heavy atom. The second-order valence-corrected chi connectivity index (χ2v) is 8.71. The van der Waals surface area contributed by atoms with Gasteiger partial charge in [0.2, 0.25) is 5.91 Å². The number of nitrogens with zero attached hydrogens (tertiary/aromatic N) is 5. The molecule has 172 valence electrons. The molecule has 1 N–H and O–H groups in total. The third-order valence-electron chi connectivity index (χ3n) is 6.63. The first-order valence-corrected chi connectivity index (χ1v) is 12.1. The van der Waals surface area contributed by atoms with Crippen molar-refractivity contribution in [2.45, 2.75) is 39.2 Å². The van der Waals surface area contributed by atoms with Gasteiger partial charge in [-0.1, -0.05) is 24.3 Å². The Hall–Kier alpha value is -2.67. The van der Waals surface area contributed by atoms with Crippen LogP contribution < -0.4 is 5.32 Å². The van der Waals surface area contributed by atoms with Crippen LogP contribution in [0.4, 0.5) is 0 Å². The summed E-state index contributed by atoms with van der Waals surface area (Å²) in [6.07, 6.45) is 5.01. The zero-order valence-corrected chi connectivity index (χ0v) is 19.5. The molecular weight excluding hydrogens is 400 g/mol. The van der Waals surface area contributed by atoms with Gasteiger partial charge in [0.1, 0.15) is 0 Å². The zero-order valence-electron chi connectivity index (χ0n) is 19.5. The summed E-state index contributed by atoms with van der Waals surface area (Å²) in [6, 6.07) is 10.4. The molecule has 3 heterocycles. The molecule has 1 aromatic heterocycles. The molecule has 2 aliphatic rings. The lowest BCUT2D eigenvalue weighted by molar-refractivity contribution is -0.135. The van der Waals surface area contributed by atoms with E-state index >= 15 is 0 Å². The van der Waals surface area contributed by atoms with Crippen molar-refractivity contribution >= 4 is 22.8 Å². The van der Waals surface area contributed by atoms with Gasteiger partial charge in [-0.25, -0.2) is 0 Å². The fourth-order valence-corrected chi connectivity index (χ4v) is 4.76. The van der Waals surface area contributed by atoms with Gasteiger partial charge in [-0.3, -0.25) is 19.7 Å². The van der Waals surface area contributed by atoms with E-state index in [-0.39, 0.29) is 6.04 Å². The number of para-hydroxylation sites is 1. The van der Waals surface area contributed by atoms with Gasteiger partial charge in [-0.15, -0.1) is 0 Å². The number of guanidine groups is 1. The summed E-state index contributed by atoms with van der Waals surface area (Å²) in [6.45, 7) is 11.1. The highest BCUT2D eigenvalue weighted by atomic mass is 16.2. The molecule has 7 nitrogen and oxygen atoms in total. The third kappa shape index (κ3) is 5.21. The van der Waals surface area contributed by atoms with Crippen LogP contribution in [0, 0.1) is 0 Å². The molecule has 7 heteroatoms. The molecule has 0 saturated carbocycles. The first-order chi connectivity index (χ1) is 15.7. The number of hydrogen-bond acceptors (Lipinski definition) is 4. The van der Waals surface area contributed by atoms with E-state index in [2.05, 4.69) is 58.2 Å². The molecule has 0 aliphatic carbocycles. The van der Waals surface area contributed by atoms with Crippen LogP contribution in [0.2, 0.25) is 0 Å². The maximum absolute atomic E-state index is 12.8. The maximum atomic E-state index is 12.8. The highest BCUT2D eigenvalue weighted by Gasteiger charge is 2.30. The van der Waals surface area contributed by atoms with E-state index < -0.39 is 0 Å². The van der Waals surface area contributed by atoms with Gasteiger partial charge in [0, 0.05) is 63.9 Å². The van der Waals surface area contributed by atoms with Crippen molar-refractivity contribution in [3.8, 4) is 0 Å². The molecule has 2 aromatic rings. The Kier molecular flexibility index (Phi) is 7.58. The summed E-state index contributed by atoms with van der Waals surface area (Å²) >= 11 is 0. The maximum Gasteiger partial charge on any atom is 0.239 e. The van der Waals surface area contributed by atoms with Crippen LogP contribution in [0.5, 0.6) is 0 Å². The van der Waals surface area contributed by atoms with Crippen LogP contribution >= 0.6 is 0 Å². The Bertz CT molecular complexity index is 926. The first kappa shape index (κ1) is 22.5. The van der Waals surface area contributed by atoms with E-state index in [1.165, 1.54) is 10.9 Å². The number of pyridine rings is 1.